The van der Waals surface area contributed by atoms with Gasteiger partial charge in [0.15, 0.2) is 0 Å². The van der Waals surface area contributed by atoms with Gasteiger partial charge in [0.2, 0.25) is 0 Å². The zero-order valence-corrected chi connectivity index (χ0v) is 17.2. The zero-order valence-electron chi connectivity index (χ0n) is 14.9. The molecular formula is C17H16Cl2N2O6S. The Bertz CT molecular complexity index is 1030. The smallest absolute Gasteiger partial charge is 0.326 e. The second-order valence-corrected chi connectivity index (χ2v) is 8.32. The normalized spacial score (nSPS) is 11.1. The summed E-state index contributed by atoms with van der Waals surface area (Å²) in [6, 6.07) is 7.58. The molecule has 0 heterocycles. The molecule has 0 aromatic heterocycles. The Morgan fingerprint density at radius 1 is 1.21 bits per heavy atom. The molecule has 0 fully saturated rings. The Morgan fingerprint density at radius 3 is 2.50 bits per heavy atom. The molecule has 0 radical (unpaired) electrons. The minimum absolute atomic E-state index is 0.0267. The van der Waals surface area contributed by atoms with Crippen molar-refractivity contribution in [3.63, 3.8) is 0 Å². The average Bonchev–Trinajstić information content (AvgIpc) is 2.62. The van der Waals surface area contributed by atoms with Crippen LogP contribution in [0.15, 0.2) is 41.3 Å². The van der Waals surface area contributed by atoms with Crippen LogP contribution in [0, 0.1) is 17.0 Å². The molecule has 0 aliphatic rings. The predicted molar refractivity (Wildman–Crippen MR) is 105 cm³/mol. The lowest BCUT2D eigenvalue weighted by Gasteiger charge is -2.24. The maximum atomic E-state index is 13.2. The summed E-state index contributed by atoms with van der Waals surface area (Å²) in [6.45, 7) is 2.43. The van der Waals surface area contributed by atoms with Crippen molar-refractivity contribution in [3.05, 3.63) is 62.1 Å². The van der Waals surface area contributed by atoms with Crippen LogP contribution in [0.5, 0.6) is 0 Å². The molecule has 0 N–H and O–H groups in total. The highest BCUT2D eigenvalue weighted by Crippen LogP contribution is 2.34. The number of halogens is 2. The predicted octanol–water partition coefficient (Wildman–Crippen LogP) is 3.97. The van der Waals surface area contributed by atoms with Gasteiger partial charge in [0, 0.05) is 16.7 Å². The summed E-state index contributed by atoms with van der Waals surface area (Å²) < 4.78 is 32.0. The van der Waals surface area contributed by atoms with Gasteiger partial charge in [-0.1, -0.05) is 29.3 Å². The number of hydrogen-bond donors (Lipinski definition) is 0. The van der Waals surface area contributed by atoms with Gasteiger partial charge in [-0.2, -0.15) is 0 Å². The molecule has 150 valence electrons. The van der Waals surface area contributed by atoms with Crippen LogP contribution in [0.2, 0.25) is 10.0 Å². The van der Waals surface area contributed by atoms with Gasteiger partial charge in [-0.25, -0.2) is 8.42 Å². The largest absolute Gasteiger partial charge is 0.465 e. The van der Waals surface area contributed by atoms with Gasteiger partial charge in [0.25, 0.3) is 15.7 Å². The Hall–Kier alpha value is -2.36. The van der Waals surface area contributed by atoms with Crippen molar-refractivity contribution < 1.29 is 22.9 Å². The molecule has 2 aromatic rings. The molecule has 28 heavy (non-hydrogen) atoms. The summed E-state index contributed by atoms with van der Waals surface area (Å²) in [4.78, 5) is 22.2. The van der Waals surface area contributed by atoms with E-state index in [0.29, 0.717) is 9.87 Å². The van der Waals surface area contributed by atoms with Crippen LogP contribution in [0.3, 0.4) is 0 Å². The van der Waals surface area contributed by atoms with Crippen LogP contribution in [-0.4, -0.2) is 32.5 Å². The Morgan fingerprint density at radius 2 is 1.89 bits per heavy atom. The fraction of sp³-hybridized carbons (Fsp3) is 0.235. The number of carbonyl (C=O) groups is 1. The number of hydrogen-bond acceptors (Lipinski definition) is 6. The van der Waals surface area contributed by atoms with E-state index >= 15 is 0 Å². The highest BCUT2D eigenvalue weighted by Gasteiger charge is 2.31. The lowest BCUT2D eigenvalue weighted by Crippen LogP contribution is -2.37. The Labute approximate surface area is 171 Å². The van der Waals surface area contributed by atoms with Crippen molar-refractivity contribution in [2.75, 3.05) is 17.5 Å². The Kier molecular flexibility index (Phi) is 6.87. The molecule has 0 spiro atoms. The number of nitrogens with zero attached hydrogens (tertiary/aromatic N) is 2. The topological polar surface area (TPSA) is 107 Å². The number of aryl methyl sites for hydroxylation is 1. The number of benzene rings is 2. The summed E-state index contributed by atoms with van der Waals surface area (Å²) in [7, 11) is -4.39. The minimum Gasteiger partial charge on any atom is -0.465 e. The van der Waals surface area contributed by atoms with E-state index in [1.54, 1.807) is 6.92 Å². The van der Waals surface area contributed by atoms with E-state index in [9.17, 15) is 23.3 Å². The van der Waals surface area contributed by atoms with Crippen molar-refractivity contribution in [2.45, 2.75) is 18.7 Å². The van der Waals surface area contributed by atoms with Gasteiger partial charge >= 0.3 is 5.97 Å². The van der Waals surface area contributed by atoms with Gasteiger partial charge < -0.3 is 4.74 Å². The summed E-state index contributed by atoms with van der Waals surface area (Å²) in [5, 5.41) is 11.4. The molecule has 0 saturated carbocycles. The highest BCUT2D eigenvalue weighted by atomic mass is 35.5. The fourth-order valence-corrected chi connectivity index (χ4v) is 4.25. The van der Waals surface area contributed by atoms with E-state index in [2.05, 4.69) is 0 Å². The number of nitro benzene ring substituents is 1. The number of rotatable bonds is 7. The van der Waals surface area contributed by atoms with E-state index < -0.39 is 27.5 Å². The van der Waals surface area contributed by atoms with E-state index in [0.717, 1.165) is 6.07 Å². The van der Waals surface area contributed by atoms with Gasteiger partial charge in [-0.15, -0.1) is 0 Å². The van der Waals surface area contributed by atoms with Crippen LogP contribution >= 0.6 is 23.2 Å². The number of ether oxygens (including phenoxy) is 1. The lowest BCUT2D eigenvalue weighted by molar-refractivity contribution is -0.385. The molecule has 0 atom stereocenters. The standard InChI is InChI=1S/C17H16Cl2N2O6S/c1-3-27-17(22)10-20(16-8-12(18)5-7-14(16)19)28(25,26)13-6-4-11(2)15(9-13)21(23)24/h4-9H,3,10H2,1-2H3. The van der Waals surface area contributed by atoms with Crippen molar-refractivity contribution in [1.29, 1.82) is 0 Å². The summed E-state index contributed by atoms with van der Waals surface area (Å²) in [6.07, 6.45) is 0. The third kappa shape index (κ3) is 4.73. The first kappa shape index (κ1) is 21.9. The van der Waals surface area contributed by atoms with Crippen molar-refractivity contribution in [2.24, 2.45) is 0 Å². The summed E-state index contributed by atoms with van der Waals surface area (Å²) >= 11 is 12.1. The van der Waals surface area contributed by atoms with E-state index in [1.807, 2.05) is 0 Å². The van der Waals surface area contributed by atoms with Crippen LogP contribution in [0.4, 0.5) is 11.4 Å². The number of nitro groups is 1. The van der Waals surface area contributed by atoms with E-state index in [1.165, 1.54) is 37.3 Å². The second kappa shape index (κ2) is 8.76. The third-order valence-corrected chi connectivity index (χ3v) is 6.03. The van der Waals surface area contributed by atoms with Crippen molar-refractivity contribution in [1.82, 2.24) is 0 Å². The van der Waals surface area contributed by atoms with Gasteiger partial charge in [-0.3, -0.25) is 19.2 Å². The van der Waals surface area contributed by atoms with Gasteiger partial charge in [0.1, 0.15) is 6.54 Å². The van der Waals surface area contributed by atoms with Crippen LogP contribution in [0.1, 0.15) is 12.5 Å². The molecule has 0 amide bonds. The molecule has 0 saturated heterocycles. The molecule has 2 aromatic carbocycles. The number of carbonyl (C=O) groups excluding carboxylic acids is 1. The van der Waals surface area contributed by atoms with Crippen LogP contribution in [-0.2, 0) is 19.6 Å². The quantitative estimate of drug-likeness (QED) is 0.361. The first-order valence-corrected chi connectivity index (χ1v) is 10.2. The van der Waals surface area contributed by atoms with Crippen molar-refractivity contribution in [3.8, 4) is 0 Å². The number of anilines is 1. The summed E-state index contributed by atoms with van der Waals surface area (Å²) in [5.74, 6) is -0.816. The number of sulfonamides is 1. The molecule has 0 aliphatic carbocycles. The van der Waals surface area contributed by atoms with Crippen LogP contribution < -0.4 is 4.31 Å². The SMILES string of the molecule is CCOC(=O)CN(c1cc(Cl)ccc1Cl)S(=O)(=O)c1ccc(C)c([N+](=O)[O-])c1. The maximum Gasteiger partial charge on any atom is 0.326 e. The Balaban J connectivity index is 2.64. The molecule has 0 unspecified atom stereocenters. The molecule has 11 heteroatoms. The summed E-state index contributed by atoms with van der Waals surface area (Å²) in [5.41, 5.74) is -0.124. The average molecular weight is 447 g/mol. The maximum absolute atomic E-state index is 13.2. The fourth-order valence-electron chi connectivity index (χ4n) is 2.37. The molecular weight excluding hydrogens is 431 g/mol. The van der Waals surface area contributed by atoms with Gasteiger partial charge in [-0.05, 0) is 38.1 Å². The minimum atomic E-state index is -4.39. The molecule has 8 nitrogen and oxygen atoms in total. The van der Waals surface area contributed by atoms with Crippen molar-refractivity contribution >= 4 is 50.6 Å². The first-order valence-electron chi connectivity index (χ1n) is 7.96. The lowest BCUT2D eigenvalue weighted by atomic mass is 10.2. The zero-order chi connectivity index (χ0) is 21.1. The number of esters is 1. The third-order valence-electron chi connectivity index (χ3n) is 3.72. The highest BCUT2D eigenvalue weighted by molar-refractivity contribution is 7.92. The second-order valence-electron chi connectivity index (χ2n) is 5.62. The van der Waals surface area contributed by atoms with E-state index in [-0.39, 0.29) is 32.9 Å². The molecule has 2 rings (SSSR count). The monoisotopic (exact) mass is 446 g/mol. The molecule has 0 bridgehead atoms. The van der Waals surface area contributed by atoms with E-state index in [4.69, 9.17) is 27.9 Å². The molecule has 0 aliphatic heterocycles. The van der Waals surface area contributed by atoms with Crippen LogP contribution in [0.25, 0.3) is 0 Å². The van der Waals surface area contributed by atoms with Gasteiger partial charge in [0.05, 0.1) is 27.1 Å². The first-order chi connectivity index (χ1) is 13.1.